The summed E-state index contributed by atoms with van der Waals surface area (Å²) in [7, 11) is 0. The van der Waals surface area contributed by atoms with Gasteiger partial charge in [-0.15, -0.1) is 0 Å². The first-order valence-electron chi connectivity index (χ1n) is 6.54. The minimum atomic E-state index is -0.936. The SMILES string of the molecule is Nc1cc(C(=O)O)ccc1NC(C1CC1)C1CC1. The summed E-state index contributed by atoms with van der Waals surface area (Å²) in [5.41, 5.74) is 7.57. The Morgan fingerprint density at radius 2 is 1.89 bits per heavy atom. The average molecular weight is 246 g/mol. The molecule has 2 aliphatic carbocycles. The lowest BCUT2D eigenvalue weighted by Crippen LogP contribution is -2.24. The maximum Gasteiger partial charge on any atom is 0.335 e. The van der Waals surface area contributed by atoms with Gasteiger partial charge in [0.05, 0.1) is 16.9 Å². The zero-order valence-electron chi connectivity index (χ0n) is 10.2. The standard InChI is InChI=1S/C14H18N2O2/c15-11-7-10(14(17)18)5-6-12(11)16-13(8-1-2-8)9-3-4-9/h5-9,13,16H,1-4,15H2,(H,17,18). The van der Waals surface area contributed by atoms with E-state index in [2.05, 4.69) is 5.32 Å². The van der Waals surface area contributed by atoms with Gasteiger partial charge in [-0.25, -0.2) is 4.79 Å². The van der Waals surface area contributed by atoms with Crippen molar-refractivity contribution in [3.63, 3.8) is 0 Å². The van der Waals surface area contributed by atoms with Crippen LogP contribution in [0.5, 0.6) is 0 Å². The van der Waals surface area contributed by atoms with Gasteiger partial charge in [-0.1, -0.05) is 0 Å². The lowest BCUT2D eigenvalue weighted by atomic mass is 10.1. The van der Waals surface area contributed by atoms with Crippen LogP contribution in [-0.4, -0.2) is 17.1 Å². The number of carboxylic acid groups (broad SMARTS) is 1. The number of nitrogen functional groups attached to an aromatic ring is 1. The van der Waals surface area contributed by atoms with Crippen molar-refractivity contribution in [1.29, 1.82) is 0 Å². The maximum atomic E-state index is 10.8. The highest BCUT2D eigenvalue weighted by molar-refractivity contribution is 5.90. The molecule has 0 aromatic heterocycles. The summed E-state index contributed by atoms with van der Waals surface area (Å²) >= 11 is 0. The first-order chi connectivity index (χ1) is 8.65. The lowest BCUT2D eigenvalue weighted by Gasteiger charge is -2.20. The Morgan fingerprint density at radius 1 is 1.28 bits per heavy atom. The van der Waals surface area contributed by atoms with Crippen LogP contribution in [-0.2, 0) is 0 Å². The minimum Gasteiger partial charge on any atom is -0.478 e. The number of hydrogen-bond donors (Lipinski definition) is 3. The van der Waals surface area contributed by atoms with Gasteiger partial charge in [-0.05, 0) is 55.7 Å². The molecule has 1 aromatic carbocycles. The molecule has 4 N–H and O–H groups in total. The second-order valence-corrected chi connectivity index (χ2v) is 5.45. The molecule has 96 valence electrons. The molecular formula is C14H18N2O2. The van der Waals surface area contributed by atoms with Crippen molar-refractivity contribution in [2.45, 2.75) is 31.7 Å². The van der Waals surface area contributed by atoms with E-state index in [9.17, 15) is 4.79 Å². The summed E-state index contributed by atoms with van der Waals surface area (Å²) in [6.07, 6.45) is 5.23. The summed E-state index contributed by atoms with van der Waals surface area (Å²) in [5.74, 6) is 0.640. The van der Waals surface area contributed by atoms with Gasteiger partial charge in [0.15, 0.2) is 0 Å². The Bertz CT molecular complexity index is 467. The Morgan fingerprint density at radius 3 is 2.33 bits per heavy atom. The molecule has 4 nitrogen and oxygen atoms in total. The highest BCUT2D eigenvalue weighted by Crippen LogP contribution is 2.46. The maximum absolute atomic E-state index is 10.8. The molecule has 0 saturated heterocycles. The molecule has 0 bridgehead atoms. The van der Waals surface area contributed by atoms with E-state index in [0.29, 0.717) is 11.7 Å². The number of rotatable bonds is 5. The van der Waals surface area contributed by atoms with Crippen molar-refractivity contribution in [3.05, 3.63) is 23.8 Å². The van der Waals surface area contributed by atoms with Gasteiger partial charge in [0.2, 0.25) is 0 Å². The quantitative estimate of drug-likeness (QED) is 0.698. The van der Waals surface area contributed by atoms with Crippen LogP contribution in [0.1, 0.15) is 36.0 Å². The molecule has 0 amide bonds. The predicted molar refractivity (Wildman–Crippen MR) is 70.7 cm³/mol. The molecule has 0 atom stereocenters. The molecule has 4 heteroatoms. The molecule has 0 unspecified atom stereocenters. The first-order valence-corrected chi connectivity index (χ1v) is 6.54. The van der Waals surface area contributed by atoms with Crippen molar-refractivity contribution in [3.8, 4) is 0 Å². The summed E-state index contributed by atoms with van der Waals surface area (Å²) in [6.45, 7) is 0. The van der Waals surface area contributed by atoms with Crippen molar-refractivity contribution in [2.75, 3.05) is 11.1 Å². The largest absolute Gasteiger partial charge is 0.478 e. The number of nitrogens with two attached hydrogens (primary N) is 1. The van der Waals surface area contributed by atoms with E-state index < -0.39 is 5.97 Å². The van der Waals surface area contributed by atoms with Gasteiger partial charge in [0.25, 0.3) is 0 Å². The third kappa shape index (κ3) is 2.28. The number of anilines is 2. The topological polar surface area (TPSA) is 75.4 Å². The number of carbonyl (C=O) groups is 1. The van der Waals surface area contributed by atoms with Gasteiger partial charge in [0.1, 0.15) is 0 Å². The summed E-state index contributed by atoms with van der Waals surface area (Å²) in [5, 5.41) is 12.4. The number of carboxylic acids is 1. The highest BCUT2D eigenvalue weighted by atomic mass is 16.4. The number of aromatic carboxylic acids is 1. The van der Waals surface area contributed by atoms with Crippen LogP contribution in [0.15, 0.2) is 18.2 Å². The van der Waals surface area contributed by atoms with Crippen molar-refractivity contribution in [1.82, 2.24) is 0 Å². The number of nitrogens with one attached hydrogen (secondary N) is 1. The van der Waals surface area contributed by atoms with E-state index in [1.807, 2.05) is 0 Å². The van der Waals surface area contributed by atoms with E-state index in [-0.39, 0.29) is 5.56 Å². The molecular weight excluding hydrogens is 228 g/mol. The summed E-state index contributed by atoms with van der Waals surface area (Å²) in [4.78, 5) is 10.8. The van der Waals surface area contributed by atoms with Crippen LogP contribution >= 0.6 is 0 Å². The fraction of sp³-hybridized carbons (Fsp3) is 0.500. The fourth-order valence-corrected chi connectivity index (χ4v) is 2.54. The molecule has 0 radical (unpaired) electrons. The van der Waals surface area contributed by atoms with Gasteiger partial charge in [-0.2, -0.15) is 0 Å². The van der Waals surface area contributed by atoms with Crippen molar-refractivity contribution < 1.29 is 9.90 Å². The van der Waals surface area contributed by atoms with E-state index in [1.54, 1.807) is 12.1 Å². The Kier molecular flexibility index (Phi) is 2.65. The molecule has 2 aliphatic rings. The average Bonchev–Trinajstić information content (AvgIpc) is 3.19. The Labute approximate surface area is 106 Å². The van der Waals surface area contributed by atoms with Crippen molar-refractivity contribution in [2.24, 2.45) is 11.8 Å². The molecule has 2 saturated carbocycles. The Hall–Kier alpha value is -1.71. The second kappa shape index (κ2) is 4.19. The summed E-state index contributed by atoms with van der Waals surface area (Å²) < 4.78 is 0. The van der Waals surface area contributed by atoms with Gasteiger partial charge in [0, 0.05) is 6.04 Å². The van der Waals surface area contributed by atoms with Crippen LogP contribution in [0.2, 0.25) is 0 Å². The molecule has 2 fully saturated rings. The zero-order valence-corrected chi connectivity index (χ0v) is 10.2. The molecule has 18 heavy (non-hydrogen) atoms. The zero-order chi connectivity index (χ0) is 12.7. The van der Waals surface area contributed by atoms with Crippen LogP contribution < -0.4 is 11.1 Å². The van der Waals surface area contributed by atoms with Crippen LogP contribution in [0.4, 0.5) is 11.4 Å². The minimum absolute atomic E-state index is 0.243. The molecule has 0 heterocycles. The van der Waals surface area contributed by atoms with E-state index in [4.69, 9.17) is 10.8 Å². The van der Waals surface area contributed by atoms with Crippen molar-refractivity contribution >= 4 is 17.3 Å². The first kappa shape index (κ1) is 11.4. The van der Waals surface area contributed by atoms with E-state index >= 15 is 0 Å². The monoisotopic (exact) mass is 246 g/mol. The second-order valence-electron chi connectivity index (χ2n) is 5.45. The van der Waals surface area contributed by atoms with E-state index in [0.717, 1.165) is 17.5 Å². The molecule has 3 rings (SSSR count). The highest BCUT2D eigenvalue weighted by Gasteiger charge is 2.41. The molecule has 0 spiro atoms. The molecule has 1 aromatic rings. The number of hydrogen-bond acceptors (Lipinski definition) is 3. The predicted octanol–water partition coefficient (Wildman–Crippen LogP) is 2.57. The van der Waals surface area contributed by atoms with E-state index in [1.165, 1.54) is 31.7 Å². The summed E-state index contributed by atoms with van der Waals surface area (Å²) in [6, 6.07) is 5.46. The smallest absolute Gasteiger partial charge is 0.335 e. The third-order valence-electron chi connectivity index (χ3n) is 3.88. The van der Waals surface area contributed by atoms with Crippen LogP contribution in [0.25, 0.3) is 0 Å². The van der Waals surface area contributed by atoms with Crippen LogP contribution in [0, 0.1) is 11.8 Å². The fourth-order valence-electron chi connectivity index (χ4n) is 2.54. The normalized spacial score (nSPS) is 18.9. The molecule has 0 aliphatic heterocycles. The van der Waals surface area contributed by atoms with Crippen LogP contribution in [0.3, 0.4) is 0 Å². The van der Waals surface area contributed by atoms with Gasteiger partial charge in [-0.3, -0.25) is 0 Å². The Balaban J connectivity index is 1.77. The lowest BCUT2D eigenvalue weighted by molar-refractivity contribution is 0.0697. The van der Waals surface area contributed by atoms with Gasteiger partial charge >= 0.3 is 5.97 Å². The third-order valence-corrected chi connectivity index (χ3v) is 3.88. The van der Waals surface area contributed by atoms with Gasteiger partial charge < -0.3 is 16.2 Å². The number of benzene rings is 1.